The lowest BCUT2D eigenvalue weighted by atomic mass is 9.74. The summed E-state index contributed by atoms with van der Waals surface area (Å²) in [5.41, 5.74) is 8.67. The van der Waals surface area contributed by atoms with Gasteiger partial charge in [-0.15, -0.1) is 0 Å². The Morgan fingerprint density at radius 2 is 1.93 bits per heavy atom. The Bertz CT molecular complexity index is 785. The molecule has 2 atom stereocenters. The average molecular weight is 388 g/mol. The number of aliphatic imine (C=N–C) groups is 1. The summed E-state index contributed by atoms with van der Waals surface area (Å²) >= 11 is 0. The lowest BCUT2D eigenvalue weighted by Crippen LogP contribution is -2.37. The van der Waals surface area contributed by atoms with Crippen LogP contribution < -0.4 is 5.73 Å². The van der Waals surface area contributed by atoms with Gasteiger partial charge in [-0.1, -0.05) is 24.3 Å². The molecule has 2 unspecified atom stereocenters. The molecule has 7 heteroatoms. The van der Waals surface area contributed by atoms with Crippen LogP contribution in [0, 0.1) is 12.8 Å². The zero-order chi connectivity index (χ0) is 20.7. The molecule has 0 fully saturated rings. The van der Waals surface area contributed by atoms with E-state index < -0.39 is 23.8 Å². The Kier molecular flexibility index (Phi) is 7.90. The summed E-state index contributed by atoms with van der Waals surface area (Å²) in [6.07, 6.45) is 0. The van der Waals surface area contributed by atoms with Crippen molar-refractivity contribution in [2.24, 2.45) is 16.6 Å². The van der Waals surface area contributed by atoms with Gasteiger partial charge in [-0.25, -0.2) is 4.79 Å². The Balaban J connectivity index is 2.67. The number of carbonyl (C=O) groups is 2. The Morgan fingerprint density at radius 3 is 2.54 bits per heavy atom. The Morgan fingerprint density at radius 1 is 1.21 bits per heavy atom. The van der Waals surface area contributed by atoms with Gasteiger partial charge in [-0.05, 0) is 31.9 Å². The largest absolute Gasteiger partial charge is 0.468 e. The molecule has 0 saturated heterocycles. The summed E-state index contributed by atoms with van der Waals surface area (Å²) in [5, 5.41) is 0. The first kappa shape index (κ1) is 21.8. The summed E-state index contributed by atoms with van der Waals surface area (Å²) < 4.78 is 15.9. The molecule has 0 aliphatic carbocycles. The van der Waals surface area contributed by atoms with E-state index in [2.05, 4.69) is 4.99 Å². The van der Waals surface area contributed by atoms with Gasteiger partial charge in [0, 0.05) is 18.2 Å². The van der Waals surface area contributed by atoms with Crippen LogP contribution >= 0.6 is 0 Å². The molecule has 0 aromatic heterocycles. The number of benzene rings is 1. The van der Waals surface area contributed by atoms with Crippen molar-refractivity contribution in [3.8, 4) is 0 Å². The highest BCUT2D eigenvalue weighted by molar-refractivity contribution is 6.07. The molecule has 0 bridgehead atoms. The molecule has 0 saturated carbocycles. The number of hydrogen-bond acceptors (Lipinski definition) is 7. The molecule has 0 spiro atoms. The van der Waals surface area contributed by atoms with Crippen molar-refractivity contribution in [1.82, 2.24) is 0 Å². The normalized spacial score (nSPS) is 19.2. The van der Waals surface area contributed by atoms with E-state index in [-0.39, 0.29) is 13.2 Å². The van der Waals surface area contributed by atoms with Gasteiger partial charge in [0.25, 0.3) is 0 Å². The van der Waals surface area contributed by atoms with Gasteiger partial charge in [0.2, 0.25) is 0 Å². The van der Waals surface area contributed by atoms with Crippen LogP contribution in [0.1, 0.15) is 30.9 Å². The minimum absolute atomic E-state index is 0.110. The van der Waals surface area contributed by atoms with Crippen LogP contribution in [-0.4, -0.2) is 51.1 Å². The highest BCUT2D eigenvalue weighted by atomic mass is 16.5. The molecule has 0 amide bonds. The van der Waals surface area contributed by atoms with Crippen molar-refractivity contribution in [1.29, 1.82) is 0 Å². The van der Waals surface area contributed by atoms with E-state index >= 15 is 0 Å². The van der Waals surface area contributed by atoms with E-state index in [0.29, 0.717) is 30.1 Å². The predicted octanol–water partition coefficient (Wildman–Crippen LogP) is 2.13. The summed E-state index contributed by atoms with van der Waals surface area (Å²) in [7, 11) is 1.33. The molecular weight excluding hydrogens is 360 g/mol. The summed E-state index contributed by atoms with van der Waals surface area (Å²) in [4.78, 5) is 30.1. The van der Waals surface area contributed by atoms with Crippen LogP contribution in [0.3, 0.4) is 0 Å². The Hall–Kier alpha value is -2.51. The first-order chi connectivity index (χ1) is 13.5. The fourth-order valence-corrected chi connectivity index (χ4v) is 3.45. The summed E-state index contributed by atoms with van der Waals surface area (Å²) in [6.45, 7) is 6.46. The second-order valence-electron chi connectivity index (χ2n) is 6.51. The minimum atomic E-state index is -0.719. The number of nitrogens with zero attached hydrogens (tertiary/aromatic N) is 1. The molecule has 1 aliphatic heterocycles. The van der Waals surface area contributed by atoms with Crippen molar-refractivity contribution < 1.29 is 23.8 Å². The van der Waals surface area contributed by atoms with Crippen LogP contribution in [0.15, 0.2) is 40.5 Å². The van der Waals surface area contributed by atoms with Gasteiger partial charge >= 0.3 is 11.9 Å². The first-order valence-electron chi connectivity index (χ1n) is 9.32. The van der Waals surface area contributed by atoms with E-state index in [0.717, 1.165) is 11.1 Å². The maximum atomic E-state index is 12.9. The molecular formula is C21H28N2O5. The number of nitrogens with two attached hydrogens (primary N) is 1. The maximum absolute atomic E-state index is 12.9. The van der Waals surface area contributed by atoms with Crippen molar-refractivity contribution in [2.45, 2.75) is 26.7 Å². The lowest BCUT2D eigenvalue weighted by molar-refractivity contribution is -0.144. The molecule has 1 aromatic rings. The molecule has 28 heavy (non-hydrogen) atoms. The number of carbonyl (C=O) groups excluding carboxylic acids is 2. The van der Waals surface area contributed by atoms with Gasteiger partial charge in [-0.2, -0.15) is 0 Å². The minimum Gasteiger partial charge on any atom is -0.468 e. The van der Waals surface area contributed by atoms with Crippen LogP contribution in [0.4, 0.5) is 0 Å². The third kappa shape index (κ3) is 4.66. The molecule has 1 aliphatic rings. The van der Waals surface area contributed by atoms with Crippen LogP contribution in [0.5, 0.6) is 0 Å². The molecule has 2 rings (SSSR count). The quantitative estimate of drug-likeness (QED) is 0.541. The average Bonchev–Trinajstić information content (AvgIpc) is 2.67. The van der Waals surface area contributed by atoms with E-state index in [4.69, 9.17) is 19.9 Å². The second-order valence-corrected chi connectivity index (χ2v) is 6.51. The van der Waals surface area contributed by atoms with Gasteiger partial charge in [-0.3, -0.25) is 9.79 Å². The molecule has 152 valence electrons. The van der Waals surface area contributed by atoms with Crippen LogP contribution in [-0.2, 0) is 23.8 Å². The summed E-state index contributed by atoms with van der Waals surface area (Å²) in [6, 6.07) is 7.64. The standard InChI is InChI=1S/C21H28N2O5/c1-5-28-21(25)19-16(12-27-11-10-22)23-14(3)17(20(24)26-4)18(19)15-9-7-6-8-13(15)2/h6-9,17-18H,5,10-12,22H2,1-4H3. The maximum Gasteiger partial charge on any atom is 0.336 e. The van der Waals surface area contributed by atoms with Gasteiger partial charge in [0.15, 0.2) is 0 Å². The van der Waals surface area contributed by atoms with Crippen LogP contribution in [0.2, 0.25) is 0 Å². The van der Waals surface area contributed by atoms with Gasteiger partial charge < -0.3 is 19.9 Å². The fourth-order valence-electron chi connectivity index (χ4n) is 3.45. The molecule has 1 aromatic carbocycles. The topological polar surface area (TPSA) is 100 Å². The fraction of sp³-hybridized carbons (Fsp3) is 0.476. The third-order valence-corrected chi connectivity index (χ3v) is 4.69. The van der Waals surface area contributed by atoms with E-state index in [1.807, 2.05) is 31.2 Å². The van der Waals surface area contributed by atoms with Crippen molar-refractivity contribution in [3.63, 3.8) is 0 Å². The smallest absolute Gasteiger partial charge is 0.336 e. The van der Waals surface area contributed by atoms with E-state index in [9.17, 15) is 9.59 Å². The molecule has 0 radical (unpaired) electrons. The SMILES string of the molecule is CCOC(=O)C1=C(COCCN)N=C(C)C(C(=O)OC)C1c1ccccc1C. The van der Waals surface area contributed by atoms with Gasteiger partial charge in [0.05, 0.1) is 38.2 Å². The van der Waals surface area contributed by atoms with E-state index in [1.54, 1.807) is 13.8 Å². The third-order valence-electron chi connectivity index (χ3n) is 4.69. The number of aryl methyl sites for hydroxylation is 1. The highest BCUT2D eigenvalue weighted by Gasteiger charge is 2.43. The zero-order valence-corrected chi connectivity index (χ0v) is 16.9. The number of esters is 2. The monoisotopic (exact) mass is 388 g/mol. The highest BCUT2D eigenvalue weighted by Crippen LogP contribution is 2.41. The van der Waals surface area contributed by atoms with Crippen molar-refractivity contribution in [3.05, 3.63) is 46.7 Å². The van der Waals surface area contributed by atoms with Crippen molar-refractivity contribution in [2.75, 3.05) is 33.5 Å². The number of rotatable bonds is 8. The number of methoxy groups -OCH3 is 1. The zero-order valence-electron chi connectivity index (χ0n) is 16.9. The van der Waals surface area contributed by atoms with Crippen LogP contribution in [0.25, 0.3) is 0 Å². The second kappa shape index (κ2) is 10.1. The number of ether oxygens (including phenoxy) is 3. The van der Waals surface area contributed by atoms with Gasteiger partial charge in [0.1, 0.15) is 5.92 Å². The van der Waals surface area contributed by atoms with E-state index in [1.165, 1.54) is 7.11 Å². The Labute approximate surface area is 165 Å². The molecule has 1 heterocycles. The molecule has 7 nitrogen and oxygen atoms in total. The number of hydrogen-bond donors (Lipinski definition) is 1. The summed E-state index contributed by atoms with van der Waals surface area (Å²) in [5.74, 6) is -2.24. The predicted molar refractivity (Wildman–Crippen MR) is 106 cm³/mol. The van der Waals surface area contributed by atoms with Crippen molar-refractivity contribution >= 4 is 17.7 Å². The first-order valence-corrected chi connectivity index (χ1v) is 9.32. The lowest BCUT2D eigenvalue weighted by Gasteiger charge is -2.32. The molecule has 2 N–H and O–H groups in total.